The maximum atomic E-state index is 2.46. The first-order chi connectivity index (χ1) is 27.5. The number of hydrogen-bond acceptors (Lipinski definition) is 3. The van der Waals surface area contributed by atoms with Gasteiger partial charge in [0.05, 0.1) is 0 Å². The minimum atomic E-state index is -0.0529. The van der Waals surface area contributed by atoms with Gasteiger partial charge in [-0.05, 0) is 129 Å². The highest BCUT2D eigenvalue weighted by Crippen LogP contribution is 2.51. The molecule has 0 saturated heterocycles. The summed E-state index contributed by atoms with van der Waals surface area (Å²) in [5.74, 6) is 0. The minimum Gasteiger partial charge on any atom is -0.310 e. The molecule has 1 heterocycles. The van der Waals surface area contributed by atoms with E-state index in [0.717, 1.165) is 34.1 Å². The molecule has 0 unspecified atom stereocenters. The summed E-state index contributed by atoms with van der Waals surface area (Å²) in [6.45, 7) is 4.73. The standard InChI is InChI=1S/C53H38N2S/c1-53(2)49-22-11-9-20-44(49)48-31-36-25-24-35-30-41(26-28-43(35)47(36)34-50(48)53)55(42-27-29-46-45-21-10-12-23-51(45)56-52(46)33-42)40-19-13-18-39(32-40)54(37-14-5-3-6-15-37)38-16-7-4-8-17-38/h3-34H,1-2H3. The van der Waals surface area contributed by atoms with Crippen LogP contribution in [0.25, 0.3) is 52.8 Å². The van der Waals surface area contributed by atoms with E-state index in [-0.39, 0.29) is 5.41 Å². The van der Waals surface area contributed by atoms with Crippen LogP contribution in [0.15, 0.2) is 194 Å². The zero-order valence-electron chi connectivity index (χ0n) is 31.3. The second kappa shape index (κ2) is 12.7. The van der Waals surface area contributed by atoms with Gasteiger partial charge in [-0.1, -0.05) is 123 Å². The van der Waals surface area contributed by atoms with Gasteiger partial charge in [0.1, 0.15) is 0 Å². The van der Waals surface area contributed by atoms with Crippen LogP contribution in [-0.2, 0) is 5.41 Å². The van der Waals surface area contributed by atoms with Crippen LogP contribution >= 0.6 is 11.3 Å². The van der Waals surface area contributed by atoms with Gasteiger partial charge >= 0.3 is 0 Å². The van der Waals surface area contributed by atoms with Crippen LogP contribution in [0.4, 0.5) is 34.1 Å². The van der Waals surface area contributed by atoms with Crippen molar-refractivity contribution in [3.63, 3.8) is 0 Å². The monoisotopic (exact) mass is 734 g/mol. The van der Waals surface area contributed by atoms with Crippen LogP contribution in [0.5, 0.6) is 0 Å². The van der Waals surface area contributed by atoms with Crippen molar-refractivity contribution in [2.45, 2.75) is 19.3 Å². The molecule has 0 atom stereocenters. The molecule has 3 heteroatoms. The molecule has 1 aliphatic carbocycles. The minimum absolute atomic E-state index is 0.0529. The Morgan fingerprint density at radius 3 is 1.64 bits per heavy atom. The molecule has 11 rings (SSSR count). The van der Waals surface area contributed by atoms with Gasteiger partial charge in [0.2, 0.25) is 0 Å². The van der Waals surface area contributed by atoms with Crippen LogP contribution in [0.1, 0.15) is 25.0 Å². The maximum Gasteiger partial charge on any atom is 0.0482 e. The van der Waals surface area contributed by atoms with Crippen molar-refractivity contribution in [2.75, 3.05) is 9.80 Å². The lowest BCUT2D eigenvalue weighted by Crippen LogP contribution is -2.14. The van der Waals surface area contributed by atoms with Crippen LogP contribution in [0, 0.1) is 0 Å². The molecular weight excluding hydrogens is 697 g/mol. The number of rotatable bonds is 6. The van der Waals surface area contributed by atoms with Crippen LogP contribution in [0.2, 0.25) is 0 Å². The SMILES string of the molecule is CC1(C)c2ccccc2-c2cc3ccc4cc(N(c5cccc(N(c6ccccc6)c6ccccc6)c5)c5ccc6c(c5)sc5ccccc56)ccc4c3cc21. The molecule has 1 aliphatic rings. The van der Waals surface area contributed by atoms with E-state index in [2.05, 4.69) is 218 Å². The number of thiophene rings is 1. The van der Waals surface area contributed by atoms with Crippen molar-refractivity contribution in [1.82, 2.24) is 0 Å². The van der Waals surface area contributed by atoms with Crippen molar-refractivity contribution >= 4 is 87.2 Å². The summed E-state index contributed by atoms with van der Waals surface area (Å²) >= 11 is 1.86. The smallest absolute Gasteiger partial charge is 0.0482 e. The fraction of sp³-hybridized carbons (Fsp3) is 0.0566. The fourth-order valence-electron chi connectivity index (χ4n) is 9.06. The number of fused-ring (bicyclic) bond motifs is 9. The summed E-state index contributed by atoms with van der Waals surface area (Å²) in [6.07, 6.45) is 0. The van der Waals surface area contributed by atoms with E-state index in [9.17, 15) is 0 Å². The lowest BCUT2D eigenvalue weighted by molar-refractivity contribution is 0.661. The van der Waals surface area contributed by atoms with Crippen molar-refractivity contribution in [2.24, 2.45) is 0 Å². The van der Waals surface area contributed by atoms with Gasteiger partial charge in [-0.25, -0.2) is 0 Å². The molecule has 0 amide bonds. The predicted octanol–water partition coefficient (Wildman–Crippen LogP) is 15.6. The maximum absolute atomic E-state index is 2.46. The highest BCUT2D eigenvalue weighted by molar-refractivity contribution is 7.25. The average molecular weight is 735 g/mol. The van der Waals surface area contributed by atoms with E-state index < -0.39 is 0 Å². The second-order valence-electron chi connectivity index (χ2n) is 15.4. The lowest BCUT2D eigenvalue weighted by Gasteiger charge is -2.29. The Kier molecular flexibility index (Phi) is 7.42. The van der Waals surface area contributed by atoms with E-state index in [4.69, 9.17) is 0 Å². The molecule has 0 N–H and O–H groups in total. The molecule has 0 aliphatic heterocycles. The summed E-state index contributed by atoms with van der Waals surface area (Å²) in [5, 5.41) is 7.68. The topological polar surface area (TPSA) is 6.48 Å². The first kappa shape index (κ1) is 32.7. The highest BCUT2D eigenvalue weighted by Gasteiger charge is 2.35. The van der Waals surface area contributed by atoms with Gasteiger partial charge in [0, 0.05) is 59.7 Å². The number of para-hydroxylation sites is 2. The molecular formula is C53H38N2S. The Morgan fingerprint density at radius 2 is 0.893 bits per heavy atom. The van der Waals surface area contributed by atoms with Gasteiger partial charge in [-0.3, -0.25) is 0 Å². The zero-order valence-corrected chi connectivity index (χ0v) is 32.1. The van der Waals surface area contributed by atoms with Crippen LogP contribution < -0.4 is 9.80 Å². The van der Waals surface area contributed by atoms with Gasteiger partial charge in [-0.15, -0.1) is 11.3 Å². The lowest BCUT2D eigenvalue weighted by atomic mass is 9.81. The Balaban J connectivity index is 1.09. The summed E-state index contributed by atoms with van der Waals surface area (Å²) in [5.41, 5.74) is 12.1. The molecule has 0 fully saturated rings. The largest absolute Gasteiger partial charge is 0.310 e. The molecule has 2 nitrogen and oxygen atoms in total. The van der Waals surface area contributed by atoms with E-state index in [1.165, 1.54) is 64.0 Å². The molecule has 0 spiro atoms. The first-order valence-corrected chi connectivity index (χ1v) is 20.2. The quantitative estimate of drug-likeness (QED) is 0.157. The summed E-state index contributed by atoms with van der Waals surface area (Å²) in [4.78, 5) is 4.76. The first-order valence-electron chi connectivity index (χ1n) is 19.3. The van der Waals surface area contributed by atoms with Crippen molar-refractivity contribution < 1.29 is 0 Å². The number of benzene rings is 9. The number of anilines is 6. The van der Waals surface area contributed by atoms with Gasteiger partial charge in [0.25, 0.3) is 0 Å². The van der Waals surface area contributed by atoms with E-state index in [1.54, 1.807) is 0 Å². The van der Waals surface area contributed by atoms with Gasteiger partial charge in [0.15, 0.2) is 0 Å². The highest BCUT2D eigenvalue weighted by atomic mass is 32.1. The van der Waals surface area contributed by atoms with Crippen LogP contribution in [0.3, 0.4) is 0 Å². The third-order valence-electron chi connectivity index (χ3n) is 11.8. The molecule has 0 saturated carbocycles. The Bertz CT molecular complexity index is 3080. The molecule has 0 radical (unpaired) electrons. The Labute approximate surface area is 331 Å². The van der Waals surface area contributed by atoms with E-state index in [1.807, 2.05) is 11.3 Å². The van der Waals surface area contributed by atoms with Crippen molar-refractivity contribution in [3.8, 4) is 11.1 Å². The summed E-state index contributed by atoms with van der Waals surface area (Å²) in [7, 11) is 0. The molecule has 10 aromatic rings. The third kappa shape index (κ3) is 5.16. The zero-order chi connectivity index (χ0) is 37.4. The van der Waals surface area contributed by atoms with E-state index >= 15 is 0 Å². The van der Waals surface area contributed by atoms with Crippen molar-refractivity contribution in [3.05, 3.63) is 205 Å². The van der Waals surface area contributed by atoms with Crippen LogP contribution in [-0.4, -0.2) is 0 Å². The van der Waals surface area contributed by atoms with Gasteiger partial charge in [-0.2, -0.15) is 0 Å². The van der Waals surface area contributed by atoms with Crippen molar-refractivity contribution in [1.29, 1.82) is 0 Å². The molecule has 1 aromatic heterocycles. The average Bonchev–Trinajstić information content (AvgIpc) is 3.72. The molecule has 266 valence electrons. The molecule has 56 heavy (non-hydrogen) atoms. The number of hydrogen-bond donors (Lipinski definition) is 0. The Morgan fingerprint density at radius 1 is 0.339 bits per heavy atom. The predicted molar refractivity (Wildman–Crippen MR) is 241 cm³/mol. The summed E-state index contributed by atoms with van der Waals surface area (Å²) < 4.78 is 2.59. The van der Waals surface area contributed by atoms with E-state index in [0.29, 0.717) is 0 Å². The number of nitrogens with zero attached hydrogens (tertiary/aromatic N) is 2. The molecule has 9 aromatic carbocycles. The second-order valence-corrected chi connectivity index (χ2v) is 16.5. The molecule has 0 bridgehead atoms. The van der Waals surface area contributed by atoms with Gasteiger partial charge < -0.3 is 9.80 Å². The normalized spacial score (nSPS) is 13.0. The Hall–Kier alpha value is -6.68. The fourth-order valence-corrected chi connectivity index (χ4v) is 10.2. The third-order valence-corrected chi connectivity index (χ3v) is 12.9. The summed E-state index contributed by atoms with van der Waals surface area (Å²) in [6, 6.07) is 71.3.